The van der Waals surface area contributed by atoms with Crippen molar-refractivity contribution in [2.45, 2.75) is 50.4 Å². The first-order valence-electron chi connectivity index (χ1n) is 9.69. The third-order valence-electron chi connectivity index (χ3n) is 6.22. The lowest BCUT2D eigenvalue weighted by Crippen LogP contribution is -2.34. The molecule has 25 heavy (non-hydrogen) atoms. The summed E-state index contributed by atoms with van der Waals surface area (Å²) in [5.74, 6) is 1.15. The van der Waals surface area contributed by atoms with Crippen LogP contribution in [0.1, 0.15) is 60.8 Å². The summed E-state index contributed by atoms with van der Waals surface area (Å²) < 4.78 is 15.2. The molecule has 2 heterocycles. The van der Waals surface area contributed by atoms with Crippen LogP contribution in [-0.4, -0.2) is 34.3 Å². The molecule has 0 N–H and O–H groups in total. The largest absolute Gasteiger partial charge is 0.303 e. The Morgan fingerprint density at radius 3 is 2.64 bits per heavy atom. The van der Waals surface area contributed by atoms with Crippen molar-refractivity contribution < 1.29 is 4.39 Å². The van der Waals surface area contributed by atoms with Gasteiger partial charge in [-0.1, -0.05) is 12.1 Å². The highest BCUT2D eigenvalue weighted by molar-refractivity contribution is 5.25. The number of aromatic nitrogens is 2. The van der Waals surface area contributed by atoms with E-state index in [2.05, 4.69) is 27.9 Å². The number of fused-ring (bicyclic) bond motifs is 1. The molecule has 1 aliphatic heterocycles. The van der Waals surface area contributed by atoms with E-state index >= 15 is 0 Å². The van der Waals surface area contributed by atoms with Crippen molar-refractivity contribution in [1.82, 2.24) is 14.7 Å². The van der Waals surface area contributed by atoms with Crippen molar-refractivity contribution >= 4 is 0 Å². The predicted octanol–water partition coefficient (Wildman–Crippen LogP) is 4.25. The molecule has 4 rings (SSSR count). The number of hydrogen-bond donors (Lipinski definition) is 0. The number of aryl methyl sites for hydroxylation is 1. The van der Waals surface area contributed by atoms with E-state index in [-0.39, 0.29) is 5.82 Å². The molecule has 1 aliphatic carbocycles. The molecule has 0 bridgehead atoms. The average Bonchev–Trinajstić information content (AvgIpc) is 3.03. The third kappa shape index (κ3) is 3.64. The quantitative estimate of drug-likeness (QED) is 0.829. The summed E-state index contributed by atoms with van der Waals surface area (Å²) in [5, 5.41) is 4.47. The SMILES string of the molecule is Cn1ncc2c1CCCC2CCN1CCC(c2ccc(F)cc2)CC1. The Morgan fingerprint density at radius 1 is 1.12 bits per heavy atom. The van der Waals surface area contributed by atoms with Gasteiger partial charge in [-0.25, -0.2) is 4.39 Å². The molecule has 0 saturated carbocycles. The summed E-state index contributed by atoms with van der Waals surface area (Å²) in [4.78, 5) is 2.62. The van der Waals surface area contributed by atoms with Crippen molar-refractivity contribution in [3.05, 3.63) is 53.1 Å². The maximum Gasteiger partial charge on any atom is 0.123 e. The lowest BCUT2D eigenvalue weighted by molar-refractivity contribution is 0.203. The number of piperidine rings is 1. The first-order chi connectivity index (χ1) is 12.2. The first kappa shape index (κ1) is 16.8. The van der Waals surface area contributed by atoms with Crippen LogP contribution in [0.2, 0.25) is 0 Å². The standard InChI is InChI=1S/C21H28FN3/c1-24-21-4-2-3-18(20(21)15-23-24)11-14-25-12-9-17(10-13-25)16-5-7-19(22)8-6-16/h5-8,15,17-18H,2-4,9-14H2,1H3. The zero-order valence-corrected chi connectivity index (χ0v) is 15.1. The average molecular weight is 341 g/mol. The Balaban J connectivity index is 1.29. The molecule has 4 heteroatoms. The predicted molar refractivity (Wildman–Crippen MR) is 98.3 cm³/mol. The van der Waals surface area contributed by atoms with Crippen LogP contribution in [0.25, 0.3) is 0 Å². The second-order valence-corrected chi connectivity index (χ2v) is 7.72. The van der Waals surface area contributed by atoms with Crippen molar-refractivity contribution in [2.24, 2.45) is 7.05 Å². The fraction of sp³-hybridized carbons (Fsp3) is 0.571. The van der Waals surface area contributed by atoms with E-state index in [0.29, 0.717) is 11.8 Å². The third-order valence-corrected chi connectivity index (χ3v) is 6.22. The number of halogens is 1. The van der Waals surface area contributed by atoms with E-state index in [1.807, 2.05) is 12.1 Å². The normalized spacial score (nSPS) is 22.1. The monoisotopic (exact) mass is 341 g/mol. The summed E-state index contributed by atoms with van der Waals surface area (Å²) in [7, 11) is 2.07. The van der Waals surface area contributed by atoms with Gasteiger partial charge in [0.25, 0.3) is 0 Å². The highest BCUT2D eigenvalue weighted by Gasteiger charge is 2.25. The van der Waals surface area contributed by atoms with Crippen LogP contribution < -0.4 is 0 Å². The highest BCUT2D eigenvalue weighted by atomic mass is 19.1. The minimum Gasteiger partial charge on any atom is -0.303 e. The summed E-state index contributed by atoms with van der Waals surface area (Å²) in [5.41, 5.74) is 4.24. The van der Waals surface area contributed by atoms with Crippen LogP contribution in [0, 0.1) is 5.82 Å². The van der Waals surface area contributed by atoms with Crippen molar-refractivity contribution in [3.63, 3.8) is 0 Å². The van der Waals surface area contributed by atoms with Gasteiger partial charge in [0, 0.05) is 12.7 Å². The fourth-order valence-corrected chi connectivity index (χ4v) is 4.66. The number of benzene rings is 1. The molecular formula is C21H28FN3. The molecule has 1 unspecified atom stereocenters. The van der Waals surface area contributed by atoms with E-state index in [0.717, 1.165) is 13.1 Å². The van der Waals surface area contributed by atoms with Gasteiger partial charge in [0.05, 0.1) is 6.20 Å². The Kier molecular flexibility index (Phi) is 4.89. The molecule has 0 radical (unpaired) electrons. The first-order valence-corrected chi connectivity index (χ1v) is 9.69. The summed E-state index contributed by atoms with van der Waals surface area (Å²) >= 11 is 0. The number of rotatable bonds is 4. The second kappa shape index (κ2) is 7.28. The molecule has 1 atom stereocenters. The van der Waals surface area contributed by atoms with Gasteiger partial charge in [-0.05, 0) is 93.3 Å². The van der Waals surface area contributed by atoms with Crippen molar-refractivity contribution in [1.29, 1.82) is 0 Å². The van der Waals surface area contributed by atoms with Crippen molar-refractivity contribution in [3.8, 4) is 0 Å². The zero-order valence-electron chi connectivity index (χ0n) is 15.1. The van der Waals surface area contributed by atoms with Crippen LogP contribution >= 0.6 is 0 Å². The van der Waals surface area contributed by atoms with E-state index in [1.165, 1.54) is 61.9 Å². The van der Waals surface area contributed by atoms with Crippen LogP contribution in [0.5, 0.6) is 0 Å². The van der Waals surface area contributed by atoms with E-state index in [1.54, 1.807) is 12.1 Å². The van der Waals surface area contributed by atoms with Crippen LogP contribution in [-0.2, 0) is 13.5 Å². The van der Waals surface area contributed by atoms with Gasteiger partial charge in [0.1, 0.15) is 5.82 Å². The highest BCUT2D eigenvalue weighted by Crippen LogP contribution is 2.34. The zero-order chi connectivity index (χ0) is 17.2. The van der Waals surface area contributed by atoms with E-state index < -0.39 is 0 Å². The molecular weight excluding hydrogens is 313 g/mol. The maximum absolute atomic E-state index is 13.1. The molecule has 1 fully saturated rings. The molecule has 1 aromatic heterocycles. The van der Waals surface area contributed by atoms with Crippen LogP contribution in [0.3, 0.4) is 0 Å². The lowest BCUT2D eigenvalue weighted by atomic mass is 9.84. The smallest absolute Gasteiger partial charge is 0.123 e. The minimum atomic E-state index is -0.136. The second-order valence-electron chi connectivity index (χ2n) is 7.72. The van der Waals surface area contributed by atoms with Gasteiger partial charge in [-0.3, -0.25) is 4.68 Å². The van der Waals surface area contributed by atoms with Gasteiger partial charge < -0.3 is 4.90 Å². The lowest BCUT2D eigenvalue weighted by Gasteiger charge is -2.33. The summed E-state index contributed by atoms with van der Waals surface area (Å²) in [6.45, 7) is 3.51. The topological polar surface area (TPSA) is 21.1 Å². The number of nitrogens with zero attached hydrogens (tertiary/aromatic N) is 3. The van der Waals surface area contributed by atoms with Crippen LogP contribution in [0.4, 0.5) is 4.39 Å². The molecule has 2 aromatic rings. The molecule has 134 valence electrons. The molecule has 2 aliphatic rings. The summed E-state index contributed by atoms with van der Waals surface area (Å²) in [6.07, 6.45) is 9.52. The molecule has 1 saturated heterocycles. The number of hydrogen-bond acceptors (Lipinski definition) is 2. The van der Waals surface area contributed by atoms with Gasteiger partial charge in [0.15, 0.2) is 0 Å². The van der Waals surface area contributed by atoms with Gasteiger partial charge in [-0.15, -0.1) is 0 Å². The van der Waals surface area contributed by atoms with E-state index in [4.69, 9.17) is 0 Å². The maximum atomic E-state index is 13.1. The van der Waals surface area contributed by atoms with Gasteiger partial charge >= 0.3 is 0 Å². The van der Waals surface area contributed by atoms with Crippen molar-refractivity contribution in [2.75, 3.05) is 19.6 Å². The number of likely N-dealkylation sites (tertiary alicyclic amines) is 1. The molecule has 0 amide bonds. The Labute approximate surface area is 149 Å². The molecule has 0 spiro atoms. The molecule has 1 aromatic carbocycles. The molecule has 3 nitrogen and oxygen atoms in total. The Hall–Kier alpha value is -1.68. The van der Waals surface area contributed by atoms with Crippen LogP contribution in [0.15, 0.2) is 30.5 Å². The Morgan fingerprint density at radius 2 is 1.88 bits per heavy atom. The van der Waals surface area contributed by atoms with E-state index in [9.17, 15) is 4.39 Å². The fourth-order valence-electron chi connectivity index (χ4n) is 4.66. The summed E-state index contributed by atoms with van der Waals surface area (Å²) in [6, 6.07) is 7.11. The van der Waals surface area contributed by atoms with Gasteiger partial charge in [-0.2, -0.15) is 5.10 Å². The van der Waals surface area contributed by atoms with Gasteiger partial charge in [0.2, 0.25) is 0 Å². The Bertz CT molecular complexity index is 698. The minimum absolute atomic E-state index is 0.136.